The Labute approximate surface area is 213 Å². The molecule has 182 valence electrons. The second-order valence-electron chi connectivity index (χ2n) is 9.21. The molecule has 1 aliphatic carbocycles. The van der Waals surface area contributed by atoms with Crippen LogP contribution in [0.15, 0.2) is 88.7 Å². The average Bonchev–Trinajstić information content (AvgIpc) is 2.92. The summed E-state index contributed by atoms with van der Waals surface area (Å²) in [6.07, 6.45) is 4.28. The van der Waals surface area contributed by atoms with Crippen LogP contribution in [-0.4, -0.2) is 37.1 Å². The van der Waals surface area contributed by atoms with E-state index in [-0.39, 0.29) is 0 Å². The van der Waals surface area contributed by atoms with Gasteiger partial charge in [0, 0.05) is 69.3 Å². The molecule has 3 aromatic carbocycles. The summed E-state index contributed by atoms with van der Waals surface area (Å²) in [7, 11) is 4.06. The minimum Gasteiger partial charge on any atom is -0.378 e. The number of allylic oxidation sites excluding steroid dienone is 1. The molecule has 6 nitrogen and oxygen atoms in total. The number of aryl methyl sites for hydroxylation is 1. The molecule has 0 N–H and O–H groups in total. The molecule has 1 aromatic heterocycles. The number of azo groups is 1. The van der Waals surface area contributed by atoms with Crippen molar-refractivity contribution < 1.29 is 4.57 Å². The van der Waals surface area contributed by atoms with Crippen molar-refractivity contribution in [2.45, 2.75) is 26.7 Å². The number of hydrogen-bond acceptors (Lipinski definition) is 5. The van der Waals surface area contributed by atoms with Crippen molar-refractivity contribution in [2.75, 3.05) is 32.1 Å². The maximum Gasteiger partial charge on any atom is 0.239 e. The smallest absolute Gasteiger partial charge is 0.239 e. The molecule has 0 atom stereocenters. The lowest BCUT2D eigenvalue weighted by molar-refractivity contribution is -0.570. The summed E-state index contributed by atoms with van der Waals surface area (Å²) in [6.45, 7) is 6.44. The topological polar surface area (TPSA) is 48.0 Å². The highest BCUT2D eigenvalue weighted by Gasteiger charge is 2.28. The van der Waals surface area contributed by atoms with Crippen molar-refractivity contribution >= 4 is 34.2 Å². The quantitative estimate of drug-likeness (QED) is 0.222. The van der Waals surface area contributed by atoms with Crippen LogP contribution >= 0.6 is 0 Å². The number of hydrogen-bond donors (Lipinski definition) is 0. The second kappa shape index (κ2) is 10.3. The maximum absolute atomic E-state index is 5.07. The first-order valence-corrected chi connectivity index (χ1v) is 12.7. The summed E-state index contributed by atoms with van der Waals surface area (Å²) in [5, 5.41) is 9.05. The largest absolute Gasteiger partial charge is 0.378 e. The molecular formula is C30H33N6+. The van der Waals surface area contributed by atoms with Crippen LogP contribution in [0.4, 0.5) is 17.1 Å². The Balaban J connectivity index is 1.62. The number of anilines is 1. The number of benzene rings is 3. The van der Waals surface area contributed by atoms with E-state index in [0.29, 0.717) is 0 Å². The zero-order valence-electron chi connectivity index (χ0n) is 21.5. The fourth-order valence-corrected chi connectivity index (χ4v) is 4.78. The zero-order valence-corrected chi connectivity index (χ0v) is 21.5. The first-order chi connectivity index (χ1) is 17.6. The summed E-state index contributed by atoms with van der Waals surface area (Å²) in [5.41, 5.74) is 9.52. The maximum atomic E-state index is 5.07. The third-order valence-corrected chi connectivity index (χ3v) is 6.74. The van der Waals surface area contributed by atoms with Crippen molar-refractivity contribution in [2.24, 2.45) is 10.2 Å². The van der Waals surface area contributed by atoms with Gasteiger partial charge in [-0.25, -0.2) is 4.98 Å². The Morgan fingerprint density at radius 1 is 0.833 bits per heavy atom. The normalized spacial score (nSPS) is 13.1. The molecule has 4 aromatic rings. The Kier molecular flexibility index (Phi) is 6.76. The highest BCUT2D eigenvalue weighted by Crippen LogP contribution is 2.28. The number of rotatable bonds is 7. The van der Waals surface area contributed by atoms with Crippen LogP contribution in [0.25, 0.3) is 22.8 Å². The molecule has 0 spiro atoms. The van der Waals surface area contributed by atoms with Crippen LogP contribution in [0.3, 0.4) is 0 Å². The Morgan fingerprint density at radius 3 is 2.22 bits per heavy atom. The molecular weight excluding hydrogens is 444 g/mol. The second-order valence-corrected chi connectivity index (χ2v) is 9.21. The highest BCUT2D eigenvalue weighted by molar-refractivity contribution is 5.77. The molecule has 5 rings (SSSR count). The van der Waals surface area contributed by atoms with E-state index >= 15 is 0 Å². The first kappa shape index (κ1) is 23.7. The van der Waals surface area contributed by atoms with Gasteiger partial charge in [-0.2, -0.15) is 14.8 Å². The Hall–Kier alpha value is -4.06. The SMILES string of the molecule is CCN(CC)C1=Cc2c(nc3ccc(N=Nc4ccc(N(C)C)cc4)cc3[n+]2-c2ccccc2)CC1. The van der Waals surface area contributed by atoms with E-state index in [2.05, 4.69) is 87.0 Å². The van der Waals surface area contributed by atoms with Crippen LogP contribution in [0.1, 0.15) is 31.7 Å². The summed E-state index contributed by atoms with van der Waals surface area (Å²) in [6, 6.07) is 24.7. The number of aromatic nitrogens is 2. The van der Waals surface area contributed by atoms with Crippen LogP contribution in [0, 0.1) is 0 Å². The minimum absolute atomic E-state index is 0.800. The van der Waals surface area contributed by atoms with Gasteiger partial charge in [-0.1, -0.05) is 18.2 Å². The van der Waals surface area contributed by atoms with Gasteiger partial charge < -0.3 is 9.80 Å². The van der Waals surface area contributed by atoms with E-state index in [1.807, 2.05) is 44.4 Å². The highest BCUT2D eigenvalue weighted by atomic mass is 15.1. The molecule has 0 bridgehead atoms. The van der Waals surface area contributed by atoms with E-state index in [4.69, 9.17) is 4.98 Å². The molecule has 0 saturated heterocycles. The fraction of sp³-hybridized carbons (Fsp3) is 0.267. The van der Waals surface area contributed by atoms with Crippen LogP contribution in [0.2, 0.25) is 0 Å². The van der Waals surface area contributed by atoms with Gasteiger partial charge in [0.2, 0.25) is 16.9 Å². The van der Waals surface area contributed by atoms with E-state index in [1.165, 1.54) is 5.70 Å². The van der Waals surface area contributed by atoms with E-state index < -0.39 is 0 Å². The zero-order chi connectivity index (χ0) is 25.1. The van der Waals surface area contributed by atoms with Gasteiger partial charge in [0.25, 0.3) is 0 Å². The molecule has 0 aliphatic heterocycles. The number of nitrogens with zero attached hydrogens (tertiary/aromatic N) is 6. The van der Waals surface area contributed by atoms with Crippen molar-refractivity contribution in [3.05, 3.63) is 89.9 Å². The van der Waals surface area contributed by atoms with Crippen LogP contribution in [0.5, 0.6) is 0 Å². The molecule has 0 saturated carbocycles. The lowest BCUT2D eigenvalue weighted by Gasteiger charge is -2.26. The number of para-hydroxylation sites is 1. The van der Waals surface area contributed by atoms with Crippen LogP contribution < -0.4 is 9.47 Å². The lowest BCUT2D eigenvalue weighted by atomic mass is 10.0. The van der Waals surface area contributed by atoms with Gasteiger partial charge in [-0.05, 0) is 56.7 Å². The third kappa shape index (κ3) is 4.71. The van der Waals surface area contributed by atoms with Crippen molar-refractivity contribution in [1.82, 2.24) is 9.88 Å². The Morgan fingerprint density at radius 2 is 1.53 bits per heavy atom. The van der Waals surface area contributed by atoms with E-state index in [9.17, 15) is 0 Å². The number of fused-ring (bicyclic) bond motifs is 2. The van der Waals surface area contributed by atoms with Crippen molar-refractivity contribution in [1.29, 1.82) is 0 Å². The summed E-state index contributed by atoms with van der Waals surface area (Å²) < 4.78 is 2.32. The van der Waals surface area contributed by atoms with Crippen LogP contribution in [-0.2, 0) is 6.42 Å². The standard InChI is InChI=1S/C30H33N6/c1-5-35(6-2)26-17-19-28-30(21-26)36(25-10-8-7-9-11-25)29-20-23(14-18-27(29)31-28)33-32-22-12-15-24(16-13-22)34(3)4/h7-16,18,20-21H,5-6,17,19H2,1-4H3/q+1. The van der Waals surface area contributed by atoms with E-state index in [0.717, 1.165) is 71.1 Å². The van der Waals surface area contributed by atoms with Gasteiger partial charge in [-0.15, -0.1) is 0 Å². The van der Waals surface area contributed by atoms with E-state index in [1.54, 1.807) is 0 Å². The lowest BCUT2D eigenvalue weighted by Crippen LogP contribution is -2.39. The monoisotopic (exact) mass is 477 g/mol. The molecule has 1 heterocycles. The van der Waals surface area contributed by atoms with Gasteiger partial charge in [0.15, 0.2) is 0 Å². The van der Waals surface area contributed by atoms with Crippen molar-refractivity contribution in [3.8, 4) is 5.69 Å². The average molecular weight is 478 g/mol. The molecule has 0 amide bonds. The minimum atomic E-state index is 0.800. The fourth-order valence-electron chi connectivity index (χ4n) is 4.78. The molecule has 1 aliphatic rings. The summed E-state index contributed by atoms with van der Waals surface area (Å²) in [4.78, 5) is 9.58. The van der Waals surface area contributed by atoms with Crippen molar-refractivity contribution in [3.63, 3.8) is 0 Å². The molecule has 36 heavy (non-hydrogen) atoms. The third-order valence-electron chi connectivity index (χ3n) is 6.74. The van der Waals surface area contributed by atoms with Gasteiger partial charge in [0.05, 0.1) is 11.4 Å². The first-order valence-electron chi connectivity index (χ1n) is 12.7. The molecule has 0 unspecified atom stereocenters. The predicted molar refractivity (Wildman–Crippen MR) is 147 cm³/mol. The predicted octanol–water partition coefficient (Wildman–Crippen LogP) is 6.62. The molecule has 0 radical (unpaired) electrons. The summed E-state index contributed by atoms with van der Waals surface area (Å²) in [5.74, 6) is 0. The summed E-state index contributed by atoms with van der Waals surface area (Å²) >= 11 is 0. The molecule has 0 fully saturated rings. The molecule has 6 heteroatoms. The van der Waals surface area contributed by atoms with Gasteiger partial charge in [-0.3, -0.25) is 0 Å². The van der Waals surface area contributed by atoms with Gasteiger partial charge in [0.1, 0.15) is 11.2 Å². The van der Waals surface area contributed by atoms with Gasteiger partial charge >= 0.3 is 0 Å². The Bertz CT molecular complexity index is 1420.